The van der Waals surface area contributed by atoms with Gasteiger partial charge in [-0.15, -0.1) is 0 Å². The van der Waals surface area contributed by atoms with Crippen LogP contribution in [0.3, 0.4) is 0 Å². The van der Waals surface area contributed by atoms with Crippen LogP contribution in [0.4, 0.5) is 0 Å². The molecule has 0 aromatic heterocycles. The van der Waals surface area contributed by atoms with Gasteiger partial charge in [-0.3, -0.25) is 4.79 Å². The van der Waals surface area contributed by atoms with Crippen molar-refractivity contribution in [1.82, 2.24) is 0 Å². The van der Waals surface area contributed by atoms with Gasteiger partial charge in [-0.2, -0.15) is 0 Å². The molecule has 0 aliphatic heterocycles. The molecule has 0 aliphatic rings. The Hall–Kier alpha value is -1.11. The van der Waals surface area contributed by atoms with Crippen molar-refractivity contribution < 1.29 is 4.79 Å². The van der Waals surface area contributed by atoms with Crippen molar-refractivity contribution in [3.63, 3.8) is 0 Å². The van der Waals surface area contributed by atoms with Gasteiger partial charge in [0.2, 0.25) is 0 Å². The van der Waals surface area contributed by atoms with E-state index in [1.54, 1.807) is 0 Å². The third-order valence-electron chi connectivity index (χ3n) is 2.93. The summed E-state index contributed by atoms with van der Waals surface area (Å²) in [7, 11) is 0. The summed E-state index contributed by atoms with van der Waals surface area (Å²) in [6.45, 7) is 2.16. The first-order chi connectivity index (χ1) is 9.41. The number of rotatable bonds is 13. The molecule has 0 aromatic rings. The van der Waals surface area contributed by atoms with Crippen molar-refractivity contribution in [3.05, 3.63) is 36.5 Å². The second-order valence-corrected chi connectivity index (χ2v) is 4.74. The molecule has 0 amide bonds. The van der Waals surface area contributed by atoms with Gasteiger partial charge in [-0.25, -0.2) is 0 Å². The van der Waals surface area contributed by atoms with Crippen LogP contribution in [0.2, 0.25) is 0 Å². The number of hydrogen-bond donors (Lipinski definition) is 0. The molecular weight excluding hydrogens is 232 g/mol. The normalized spacial score (nSPS) is 12.1. The molecule has 0 spiro atoms. The van der Waals surface area contributed by atoms with Gasteiger partial charge in [0.05, 0.1) is 0 Å². The molecule has 19 heavy (non-hydrogen) atoms. The SMILES string of the molecule is CC/C=C\C/C=C\C/C=C\CCCCCCC[C]=O. The van der Waals surface area contributed by atoms with Gasteiger partial charge in [-0.1, -0.05) is 62.6 Å². The van der Waals surface area contributed by atoms with Crippen LogP contribution in [-0.4, -0.2) is 6.29 Å². The fourth-order valence-electron chi connectivity index (χ4n) is 1.82. The van der Waals surface area contributed by atoms with Crippen molar-refractivity contribution in [2.75, 3.05) is 0 Å². The van der Waals surface area contributed by atoms with Gasteiger partial charge in [0.1, 0.15) is 0 Å². The molecule has 0 aromatic carbocycles. The summed E-state index contributed by atoms with van der Waals surface area (Å²) < 4.78 is 0. The Bertz CT molecular complexity index is 261. The van der Waals surface area contributed by atoms with Gasteiger partial charge in [0.25, 0.3) is 0 Å². The molecular formula is C18H29O. The lowest BCUT2D eigenvalue weighted by Crippen LogP contribution is -1.80. The zero-order valence-corrected chi connectivity index (χ0v) is 12.4. The minimum absolute atomic E-state index is 0.611. The molecule has 0 bridgehead atoms. The van der Waals surface area contributed by atoms with Crippen molar-refractivity contribution >= 4 is 6.29 Å². The number of carbonyl (C=O) groups excluding carboxylic acids is 1. The Morgan fingerprint density at radius 2 is 1.32 bits per heavy atom. The van der Waals surface area contributed by atoms with E-state index in [9.17, 15) is 4.79 Å². The third-order valence-corrected chi connectivity index (χ3v) is 2.93. The van der Waals surface area contributed by atoms with Crippen molar-refractivity contribution in [2.24, 2.45) is 0 Å². The summed E-state index contributed by atoms with van der Waals surface area (Å²) in [6.07, 6.45) is 26.3. The van der Waals surface area contributed by atoms with Crippen molar-refractivity contribution in [1.29, 1.82) is 0 Å². The van der Waals surface area contributed by atoms with E-state index in [1.165, 1.54) is 32.1 Å². The summed E-state index contributed by atoms with van der Waals surface area (Å²) in [5.74, 6) is 0. The number of unbranched alkanes of at least 4 members (excludes halogenated alkanes) is 6. The van der Waals surface area contributed by atoms with Gasteiger partial charge >= 0.3 is 0 Å². The quantitative estimate of drug-likeness (QED) is 0.307. The van der Waals surface area contributed by atoms with Gasteiger partial charge in [0, 0.05) is 6.42 Å². The lowest BCUT2D eigenvalue weighted by atomic mass is 10.1. The van der Waals surface area contributed by atoms with Crippen LogP contribution in [0, 0.1) is 0 Å². The highest BCUT2D eigenvalue weighted by atomic mass is 16.1. The van der Waals surface area contributed by atoms with Gasteiger partial charge in [0.15, 0.2) is 6.29 Å². The van der Waals surface area contributed by atoms with Crippen molar-refractivity contribution in [3.8, 4) is 0 Å². The second-order valence-electron chi connectivity index (χ2n) is 4.74. The standard InChI is InChI=1S/C18H29O/c1-2-3-4-5-6-7-8-9-10-11-12-13-14-15-16-17-18-19/h3-4,6-7,9-10H,2,5,8,11-17H2,1H3/b4-3-,7-6-,10-9-. The zero-order chi connectivity index (χ0) is 14.0. The molecule has 0 N–H and O–H groups in total. The average molecular weight is 261 g/mol. The first-order valence-corrected chi connectivity index (χ1v) is 7.71. The van der Waals surface area contributed by atoms with Crippen LogP contribution < -0.4 is 0 Å². The minimum Gasteiger partial charge on any atom is -0.291 e. The van der Waals surface area contributed by atoms with E-state index in [4.69, 9.17) is 0 Å². The summed E-state index contributed by atoms with van der Waals surface area (Å²) in [5, 5.41) is 0. The Morgan fingerprint density at radius 1 is 0.737 bits per heavy atom. The molecule has 0 saturated carbocycles. The highest BCUT2D eigenvalue weighted by Gasteiger charge is 1.89. The molecule has 0 unspecified atom stereocenters. The van der Waals surface area contributed by atoms with Gasteiger partial charge in [-0.05, 0) is 38.5 Å². The largest absolute Gasteiger partial charge is 0.291 e. The maximum absolute atomic E-state index is 10.00. The third kappa shape index (κ3) is 16.9. The predicted octanol–water partition coefficient (Wildman–Crippen LogP) is 5.69. The first kappa shape index (κ1) is 17.9. The monoisotopic (exact) mass is 261 g/mol. The summed E-state index contributed by atoms with van der Waals surface area (Å²) in [5.41, 5.74) is 0. The molecule has 107 valence electrons. The summed E-state index contributed by atoms with van der Waals surface area (Å²) >= 11 is 0. The lowest BCUT2D eigenvalue weighted by molar-refractivity contribution is 0.542. The molecule has 0 rings (SSSR count). The number of hydrogen-bond acceptors (Lipinski definition) is 1. The molecule has 1 nitrogen and oxygen atoms in total. The molecule has 1 radical (unpaired) electrons. The zero-order valence-electron chi connectivity index (χ0n) is 12.4. The maximum Gasteiger partial charge on any atom is 0.198 e. The van der Waals surface area contributed by atoms with E-state index < -0.39 is 0 Å². The Morgan fingerprint density at radius 3 is 2.00 bits per heavy atom. The highest BCUT2D eigenvalue weighted by Crippen LogP contribution is 2.07. The van der Waals surface area contributed by atoms with Gasteiger partial charge < -0.3 is 0 Å². The Labute approximate surface area is 119 Å². The molecule has 0 saturated heterocycles. The van der Waals surface area contributed by atoms with E-state index in [0.29, 0.717) is 6.42 Å². The highest BCUT2D eigenvalue weighted by molar-refractivity contribution is 5.50. The molecule has 0 fully saturated rings. The van der Waals surface area contributed by atoms with E-state index in [2.05, 4.69) is 43.4 Å². The van der Waals surface area contributed by atoms with E-state index in [1.807, 2.05) is 6.29 Å². The number of allylic oxidation sites excluding steroid dienone is 6. The second kappa shape index (κ2) is 16.9. The Balaban J connectivity index is 3.21. The maximum atomic E-state index is 10.00. The average Bonchev–Trinajstić information content (AvgIpc) is 2.43. The Kier molecular flexibility index (Phi) is 15.9. The fourth-order valence-corrected chi connectivity index (χ4v) is 1.82. The van der Waals surface area contributed by atoms with Crippen LogP contribution in [0.15, 0.2) is 36.5 Å². The van der Waals surface area contributed by atoms with E-state index in [0.717, 1.165) is 25.7 Å². The summed E-state index contributed by atoms with van der Waals surface area (Å²) in [4.78, 5) is 10.00. The van der Waals surface area contributed by atoms with Crippen LogP contribution in [0.1, 0.15) is 71.1 Å². The minimum atomic E-state index is 0.611. The molecule has 0 aliphatic carbocycles. The first-order valence-electron chi connectivity index (χ1n) is 7.71. The molecule has 1 heteroatoms. The van der Waals surface area contributed by atoms with E-state index in [-0.39, 0.29) is 0 Å². The topological polar surface area (TPSA) is 17.1 Å². The smallest absolute Gasteiger partial charge is 0.198 e. The fraction of sp³-hybridized carbons (Fsp3) is 0.611. The van der Waals surface area contributed by atoms with Crippen LogP contribution in [0.5, 0.6) is 0 Å². The van der Waals surface area contributed by atoms with Crippen LogP contribution >= 0.6 is 0 Å². The summed E-state index contributed by atoms with van der Waals surface area (Å²) in [6, 6.07) is 0. The molecule has 0 heterocycles. The lowest BCUT2D eigenvalue weighted by Gasteiger charge is -1.96. The van der Waals surface area contributed by atoms with Crippen molar-refractivity contribution in [2.45, 2.75) is 71.1 Å². The van der Waals surface area contributed by atoms with E-state index >= 15 is 0 Å². The van der Waals surface area contributed by atoms with Crippen LogP contribution in [-0.2, 0) is 4.79 Å². The molecule has 0 atom stereocenters. The predicted molar refractivity (Wildman–Crippen MR) is 85.0 cm³/mol. The van der Waals surface area contributed by atoms with Crippen LogP contribution in [0.25, 0.3) is 0 Å².